The first-order valence-corrected chi connectivity index (χ1v) is 11.7. The molecule has 1 amide bonds. The maximum absolute atomic E-state index is 13.1. The lowest BCUT2D eigenvalue weighted by Crippen LogP contribution is -2.32. The Balaban J connectivity index is 1.62. The predicted octanol–water partition coefficient (Wildman–Crippen LogP) is 4.48. The van der Waals surface area contributed by atoms with Crippen molar-refractivity contribution in [3.63, 3.8) is 0 Å². The molecule has 4 aromatic rings. The first-order chi connectivity index (χ1) is 15.9. The van der Waals surface area contributed by atoms with Crippen LogP contribution >= 0.6 is 11.3 Å². The van der Waals surface area contributed by atoms with Crippen molar-refractivity contribution >= 4 is 44.8 Å². The zero-order valence-electron chi connectivity index (χ0n) is 18.6. The summed E-state index contributed by atoms with van der Waals surface area (Å²) in [5.74, 6) is -0.240. The van der Waals surface area contributed by atoms with Gasteiger partial charge in [0.05, 0.1) is 11.4 Å². The van der Waals surface area contributed by atoms with Crippen LogP contribution in [0.15, 0.2) is 35.0 Å². The number of hydrogen-bond acceptors (Lipinski definition) is 7. The lowest BCUT2D eigenvalue weighted by molar-refractivity contribution is -0.765. The van der Waals surface area contributed by atoms with Crippen LogP contribution in [0.5, 0.6) is 0 Å². The third kappa shape index (κ3) is 3.78. The third-order valence-electron chi connectivity index (χ3n) is 5.91. The molecule has 0 unspecified atom stereocenters. The largest absolute Gasteiger partial charge is 0.397 e. The molecule has 3 N–H and O–H groups in total. The molecule has 0 radical (unpaired) electrons. The van der Waals surface area contributed by atoms with E-state index in [4.69, 9.17) is 10.3 Å². The van der Waals surface area contributed by atoms with Gasteiger partial charge in [0.25, 0.3) is 12.1 Å². The van der Waals surface area contributed by atoms with Crippen molar-refractivity contribution in [1.82, 2.24) is 10.3 Å². The van der Waals surface area contributed by atoms with Gasteiger partial charge in [-0.15, -0.1) is 11.3 Å². The maximum Gasteiger partial charge on any atom is 0.302 e. The van der Waals surface area contributed by atoms with Crippen LogP contribution in [-0.2, 0) is 6.42 Å². The summed E-state index contributed by atoms with van der Waals surface area (Å²) in [6.45, 7) is 5.42. The number of thiophene rings is 1. The van der Waals surface area contributed by atoms with Crippen LogP contribution in [0.3, 0.4) is 0 Å². The summed E-state index contributed by atoms with van der Waals surface area (Å²) in [6.07, 6.45) is 4.70. The molecule has 1 fully saturated rings. The SMILES string of the molecule is CCc1ccc(-c2c(C(C)=O)c(C)nc3sc(C(=O)Nc4c[n+](C5CC5)no4)c(N)c23)cc1. The number of amides is 1. The second kappa shape index (κ2) is 8.08. The van der Waals surface area contributed by atoms with Gasteiger partial charge in [-0.1, -0.05) is 31.2 Å². The molecule has 0 saturated heterocycles. The van der Waals surface area contributed by atoms with E-state index >= 15 is 0 Å². The Morgan fingerprint density at radius 2 is 2.00 bits per heavy atom. The number of nitrogens with one attached hydrogen (secondary N) is 1. The number of benzene rings is 1. The van der Waals surface area contributed by atoms with Gasteiger partial charge >= 0.3 is 5.88 Å². The molecule has 1 aliphatic rings. The zero-order valence-corrected chi connectivity index (χ0v) is 19.5. The number of Topliss-reactive ketones (excluding diaryl/α,β-unsaturated/α-hetero) is 1. The number of ketones is 1. The van der Waals surface area contributed by atoms with Crippen LogP contribution in [0.1, 0.15) is 64.0 Å². The number of anilines is 2. The van der Waals surface area contributed by atoms with Gasteiger partial charge in [-0.25, -0.2) is 4.98 Å². The Labute approximate surface area is 194 Å². The highest BCUT2D eigenvalue weighted by Crippen LogP contribution is 2.42. The molecule has 0 atom stereocenters. The Morgan fingerprint density at radius 1 is 1.27 bits per heavy atom. The average molecular weight is 463 g/mol. The summed E-state index contributed by atoms with van der Waals surface area (Å²) in [5, 5.41) is 7.31. The van der Waals surface area contributed by atoms with E-state index in [2.05, 4.69) is 22.5 Å². The minimum atomic E-state index is -0.399. The van der Waals surface area contributed by atoms with E-state index < -0.39 is 5.91 Å². The molecule has 0 spiro atoms. The second-order valence-corrected chi connectivity index (χ2v) is 9.31. The number of nitrogens with two attached hydrogens (primary N) is 1. The fourth-order valence-electron chi connectivity index (χ4n) is 4.05. The number of rotatable bonds is 6. The van der Waals surface area contributed by atoms with Crippen molar-refractivity contribution in [3.8, 4) is 11.1 Å². The van der Waals surface area contributed by atoms with Gasteiger partial charge in [0.2, 0.25) is 5.27 Å². The molecule has 33 heavy (non-hydrogen) atoms. The number of nitrogen functional groups attached to an aromatic ring is 1. The fraction of sp³-hybridized carbons (Fsp3) is 0.292. The minimum Gasteiger partial charge on any atom is -0.397 e. The molecular weight excluding hydrogens is 438 g/mol. The highest BCUT2D eigenvalue weighted by atomic mass is 32.1. The fourth-order valence-corrected chi connectivity index (χ4v) is 5.10. The maximum atomic E-state index is 13.1. The molecule has 0 aliphatic heterocycles. The van der Waals surface area contributed by atoms with Gasteiger partial charge in [-0.3, -0.25) is 19.4 Å². The number of aryl methyl sites for hydroxylation is 2. The third-order valence-corrected chi connectivity index (χ3v) is 7.01. The van der Waals surface area contributed by atoms with Crippen LogP contribution < -0.4 is 15.7 Å². The first kappa shape index (κ1) is 21.3. The standard InChI is InChI=1S/C24H23N5O3S/c1-4-14-5-7-15(8-6-14)19-18(13(3)30)12(2)26-24-20(19)21(25)22(33-24)23(31)27-17-11-29(28-32-17)16-9-10-16/h5-8,11,16H,4,9-10H2,1-3H3,(H2-,25,27,28,31)/p+1. The first-order valence-electron chi connectivity index (χ1n) is 10.9. The molecule has 168 valence electrons. The number of carbonyl (C=O) groups excluding carboxylic acids is 2. The average Bonchev–Trinajstić information content (AvgIpc) is 3.46. The number of fused-ring (bicyclic) bond motifs is 1. The summed E-state index contributed by atoms with van der Waals surface area (Å²) in [7, 11) is 0. The quantitative estimate of drug-likeness (QED) is 0.322. The van der Waals surface area contributed by atoms with Crippen molar-refractivity contribution in [2.24, 2.45) is 0 Å². The molecule has 8 nitrogen and oxygen atoms in total. The van der Waals surface area contributed by atoms with E-state index in [0.717, 1.165) is 24.8 Å². The molecular formula is C24H24N5O3S+. The highest BCUT2D eigenvalue weighted by molar-refractivity contribution is 7.21. The molecule has 0 bridgehead atoms. The topological polar surface area (TPSA) is 115 Å². The van der Waals surface area contributed by atoms with Crippen LogP contribution in [0.25, 0.3) is 21.3 Å². The molecule has 1 aliphatic carbocycles. The van der Waals surface area contributed by atoms with Gasteiger partial charge in [-0.2, -0.15) is 0 Å². The van der Waals surface area contributed by atoms with Crippen molar-refractivity contribution in [2.45, 2.75) is 46.1 Å². The molecule has 1 saturated carbocycles. The van der Waals surface area contributed by atoms with E-state index in [1.165, 1.54) is 23.8 Å². The summed E-state index contributed by atoms with van der Waals surface area (Å²) >= 11 is 1.20. The van der Waals surface area contributed by atoms with Gasteiger partial charge < -0.3 is 5.73 Å². The molecule has 1 aromatic carbocycles. The van der Waals surface area contributed by atoms with Crippen LogP contribution in [0.2, 0.25) is 0 Å². The predicted molar refractivity (Wildman–Crippen MR) is 127 cm³/mol. The van der Waals surface area contributed by atoms with Gasteiger partial charge in [0.1, 0.15) is 9.71 Å². The second-order valence-electron chi connectivity index (χ2n) is 8.31. The molecule has 3 aromatic heterocycles. The molecule has 3 heterocycles. The van der Waals surface area contributed by atoms with Crippen molar-refractivity contribution in [2.75, 3.05) is 11.1 Å². The van der Waals surface area contributed by atoms with E-state index in [1.54, 1.807) is 17.8 Å². The van der Waals surface area contributed by atoms with Crippen molar-refractivity contribution in [3.05, 3.63) is 52.2 Å². The minimum absolute atomic E-state index is 0.0978. The molecule has 5 rings (SSSR count). The van der Waals surface area contributed by atoms with Gasteiger partial charge in [0.15, 0.2) is 11.8 Å². The van der Waals surface area contributed by atoms with Gasteiger partial charge in [-0.05, 0) is 36.1 Å². The van der Waals surface area contributed by atoms with Crippen LogP contribution in [-0.4, -0.2) is 21.9 Å². The number of aromatic nitrogens is 3. The Morgan fingerprint density at radius 3 is 2.64 bits per heavy atom. The normalized spacial score (nSPS) is 13.4. The number of pyridine rings is 1. The van der Waals surface area contributed by atoms with Crippen LogP contribution in [0, 0.1) is 6.92 Å². The van der Waals surface area contributed by atoms with Crippen molar-refractivity contribution in [1.29, 1.82) is 0 Å². The Bertz CT molecular complexity index is 1400. The molecule has 9 heteroatoms. The highest BCUT2D eigenvalue weighted by Gasteiger charge is 2.36. The van der Waals surface area contributed by atoms with E-state index in [1.807, 2.05) is 24.3 Å². The monoisotopic (exact) mass is 462 g/mol. The number of nitrogens with zero attached hydrogens (tertiary/aromatic N) is 3. The van der Waals surface area contributed by atoms with E-state index in [9.17, 15) is 9.59 Å². The van der Waals surface area contributed by atoms with Crippen LogP contribution in [0.4, 0.5) is 11.6 Å². The summed E-state index contributed by atoms with van der Waals surface area (Å²) < 4.78 is 6.96. The zero-order chi connectivity index (χ0) is 23.3. The number of carbonyl (C=O) groups is 2. The van der Waals surface area contributed by atoms with Gasteiger partial charge in [0, 0.05) is 29.4 Å². The lowest BCUT2D eigenvalue weighted by Gasteiger charge is -2.13. The Kier molecular flexibility index (Phi) is 5.20. The number of hydrogen-bond donors (Lipinski definition) is 2. The summed E-state index contributed by atoms with van der Waals surface area (Å²) in [4.78, 5) is 31.2. The van der Waals surface area contributed by atoms with E-state index in [0.29, 0.717) is 43.6 Å². The lowest BCUT2D eigenvalue weighted by atomic mass is 9.92. The summed E-state index contributed by atoms with van der Waals surface area (Å²) in [5.41, 5.74) is 10.7. The Hall–Kier alpha value is -3.59. The van der Waals surface area contributed by atoms with Crippen molar-refractivity contribution < 1.29 is 18.8 Å². The smallest absolute Gasteiger partial charge is 0.302 e. The van der Waals surface area contributed by atoms with E-state index in [-0.39, 0.29) is 11.7 Å². The summed E-state index contributed by atoms with van der Waals surface area (Å²) in [6, 6.07) is 8.39.